The van der Waals surface area contributed by atoms with Crippen LogP contribution in [0.15, 0.2) is 12.1 Å². The summed E-state index contributed by atoms with van der Waals surface area (Å²) in [6.07, 6.45) is 0.541. The molecular weight excluding hydrogens is 347 g/mol. The normalized spacial score (nSPS) is 10.5. The lowest BCUT2D eigenvalue weighted by atomic mass is 10.2. The second-order valence-corrected chi connectivity index (χ2v) is 5.68. The second-order valence-electron chi connectivity index (χ2n) is 4.48. The molecule has 0 spiro atoms. The van der Waals surface area contributed by atoms with Gasteiger partial charge in [0.25, 0.3) is 5.91 Å². The van der Waals surface area contributed by atoms with E-state index in [1.807, 2.05) is 7.05 Å². The maximum Gasteiger partial charge on any atom is 0.255 e. The Morgan fingerprint density at radius 2 is 2.14 bits per heavy atom. The molecule has 0 fully saturated rings. The number of carbonyl (C=O) groups excluding carboxylic acids is 1. The van der Waals surface area contributed by atoms with Gasteiger partial charge in [0.05, 0.1) is 22.7 Å². The van der Waals surface area contributed by atoms with Gasteiger partial charge >= 0.3 is 0 Å². The Labute approximate surface area is 142 Å². The first-order valence-electron chi connectivity index (χ1n) is 6.35. The van der Waals surface area contributed by atoms with E-state index in [1.54, 1.807) is 4.57 Å². The Kier molecular flexibility index (Phi) is 5.44. The number of carbonyl (C=O) groups is 1. The minimum atomic E-state index is -0.299. The lowest BCUT2D eigenvalue weighted by Gasteiger charge is -2.10. The van der Waals surface area contributed by atoms with E-state index in [0.29, 0.717) is 39.1 Å². The van der Waals surface area contributed by atoms with Gasteiger partial charge in [-0.25, -0.2) is 0 Å². The summed E-state index contributed by atoms with van der Waals surface area (Å²) >= 11 is 16.9. The van der Waals surface area contributed by atoms with Gasteiger partial charge < -0.3 is 14.6 Å². The molecule has 2 N–H and O–H groups in total. The molecule has 0 aliphatic rings. The molecule has 2 rings (SSSR count). The van der Waals surface area contributed by atoms with E-state index in [-0.39, 0.29) is 5.91 Å². The molecule has 2 aromatic rings. The minimum Gasteiger partial charge on any atom is -0.496 e. The number of hydrogen-bond acceptors (Lipinski definition) is 4. The summed E-state index contributed by atoms with van der Waals surface area (Å²) in [7, 11) is 3.27. The average Bonchev–Trinajstić information content (AvgIpc) is 2.81. The molecule has 0 unspecified atom stereocenters. The Balaban J connectivity index is 2.05. The zero-order chi connectivity index (χ0) is 16.3. The number of halogens is 2. The molecule has 0 atom stereocenters. The smallest absolute Gasteiger partial charge is 0.255 e. The van der Waals surface area contributed by atoms with E-state index in [1.165, 1.54) is 19.2 Å². The summed E-state index contributed by atoms with van der Waals surface area (Å²) in [6.45, 7) is 0.399. The number of rotatable bonds is 5. The minimum absolute atomic E-state index is 0.294. The monoisotopic (exact) mass is 360 g/mol. The number of benzene rings is 1. The first-order valence-corrected chi connectivity index (χ1v) is 7.52. The van der Waals surface area contributed by atoms with Crippen LogP contribution in [0.5, 0.6) is 5.75 Å². The lowest BCUT2D eigenvalue weighted by molar-refractivity contribution is 0.0951. The van der Waals surface area contributed by atoms with Crippen molar-refractivity contribution in [1.82, 2.24) is 20.1 Å². The molecule has 0 saturated heterocycles. The molecule has 9 heteroatoms. The Morgan fingerprint density at radius 3 is 2.73 bits per heavy atom. The van der Waals surface area contributed by atoms with Crippen molar-refractivity contribution in [3.8, 4) is 5.75 Å². The topological polar surface area (TPSA) is 71.9 Å². The number of aromatic amines is 1. The van der Waals surface area contributed by atoms with Crippen molar-refractivity contribution in [2.45, 2.75) is 6.42 Å². The number of hydrogen-bond donors (Lipinski definition) is 2. The first-order chi connectivity index (χ1) is 10.4. The third-order valence-electron chi connectivity index (χ3n) is 3.09. The molecular formula is C13H14Cl2N4O2S. The van der Waals surface area contributed by atoms with Crippen LogP contribution in [0, 0.1) is 4.77 Å². The van der Waals surface area contributed by atoms with Gasteiger partial charge in [-0.1, -0.05) is 23.2 Å². The van der Waals surface area contributed by atoms with Crippen LogP contribution in [0.1, 0.15) is 16.2 Å². The van der Waals surface area contributed by atoms with Gasteiger partial charge in [0.2, 0.25) is 0 Å². The van der Waals surface area contributed by atoms with Crippen LogP contribution in [0.4, 0.5) is 0 Å². The molecule has 22 heavy (non-hydrogen) atoms. The summed E-state index contributed by atoms with van der Waals surface area (Å²) in [5.74, 6) is 0.823. The largest absolute Gasteiger partial charge is 0.496 e. The van der Waals surface area contributed by atoms with E-state index in [4.69, 9.17) is 40.2 Å². The maximum atomic E-state index is 12.2. The van der Waals surface area contributed by atoms with Gasteiger partial charge in [-0.3, -0.25) is 9.89 Å². The summed E-state index contributed by atoms with van der Waals surface area (Å²) in [5.41, 5.74) is 0.326. The first kappa shape index (κ1) is 16.8. The zero-order valence-corrected chi connectivity index (χ0v) is 14.3. The molecule has 1 amide bonds. The van der Waals surface area contributed by atoms with E-state index >= 15 is 0 Å². The molecule has 6 nitrogen and oxygen atoms in total. The summed E-state index contributed by atoms with van der Waals surface area (Å²) in [5, 5.41) is 10.2. The van der Waals surface area contributed by atoms with Crippen molar-refractivity contribution >= 4 is 41.3 Å². The van der Waals surface area contributed by atoms with E-state index in [9.17, 15) is 4.79 Å². The molecule has 0 saturated carbocycles. The van der Waals surface area contributed by atoms with Crippen LogP contribution in [0.2, 0.25) is 10.0 Å². The number of methoxy groups -OCH3 is 1. The standard InChI is InChI=1S/C13H14Cl2N4O2S/c1-19-11(17-18-13(19)22)3-4-16-12(20)7-5-8(14)9(15)6-10(7)21-2/h5-6H,3-4H2,1-2H3,(H,16,20)(H,18,22). The van der Waals surface area contributed by atoms with Gasteiger partial charge in [0.15, 0.2) is 4.77 Å². The zero-order valence-electron chi connectivity index (χ0n) is 11.9. The summed E-state index contributed by atoms with van der Waals surface area (Å²) < 4.78 is 7.44. The number of nitrogens with zero attached hydrogens (tertiary/aromatic N) is 2. The highest BCUT2D eigenvalue weighted by Gasteiger charge is 2.15. The molecule has 1 aromatic heterocycles. The SMILES string of the molecule is COc1cc(Cl)c(Cl)cc1C(=O)NCCc1n[nH]c(=S)n1C. The Morgan fingerprint density at radius 1 is 1.45 bits per heavy atom. The third kappa shape index (κ3) is 3.60. The van der Waals surface area contributed by atoms with E-state index in [2.05, 4.69) is 15.5 Å². The van der Waals surface area contributed by atoms with Crippen LogP contribution in [0.25, 0.3) is 0 Å². The van der Waals surface area contributed by atoms with Crippen molar-refractivity contribution in [2.24, 2.45) is 7.05 Å². The lowest BCUT2D eigenvalue weighted by Crippen LogP contribution is -2.26. The van der Waals surface area contributed by atoms with Crippen molar-refractivity contribution in [1.29, 1.82) is 0 Å². The Bertz CT molecular complexity index is 757. The fourth-order valence-electron chi connectivity index (χ4n) is 1.86. The van der Waals surface area contributed by atoms with Crippen LogP contribution in [-0.4, -0.2) is 34.3 Å². The number of nitrogens with one attached hydrogen (secondary N) is 2. The van der Waals surface area contributed by atoms with Crippen molar-refractivity contribution in [3.05, 3.63) is 38.3 Å². The predicted octanol–water partition coefficient (Wildman–Crippen LogP) is 2.77. The summed E-state index contributed by atoms with van der Waals surface area (Å²) in [6, 6.07) is 2.99. The number of aromatic nitrogens is 3. The van der Waals surface area contributed by atoms with Crippen molar-refractivity contribution in [3.63, 3.8) is 0 Å². The van der Waals surface area contributed by atoms with E-state index in [0.717, 1.165) is 5.82 Å². The molecule has 1 heterocycles. The van der Waals surface area contributed by atoms with Crippen LogP contribution >= 0.6 is 35.4 Å². The second kappa shape index (κ2) is 7.13. The predicted molar refractivity (Wildman–Crippen MR) is 87.4 cm³/mol. The average molecular weight is 361 g/mol. The van der Waals surface area contributed by atoms with Crippen LogP contribution < -0.4 is 10.1 Å². The molecule has 0 aliphatic carbocycles. The highest BCUT2D eigenvalue weighted by Crippen LogP contribution is 2.30. The van der Waals surface area contributed by atoms with Crippen LogP contribution in [-0.2, 0) is 13.5 Å². The highest BCUT2D eigenvalue weighted by molar-refractivity contribution is 7.71. The van der Waals surface area contributed by atoms with Gasteiger partial charge in [-0.05, 0) is 18.3 Å². The quantitative estimate of drug-likeness (QED) is 0.804. The Hall–Kier alpha value is -1.57. The third-order valence-corrected chi connectivity index (χ3v) is 4.18. The van der Waals surface area contributed by atoms with Gasteiger partial charge in [-0.15, -0.1) is 0 Å². The number of H-pyrrole nitrogens is 1. The molecule has 118 valence electrons. The molecule has 0 aliphatic heterocycles. The molecule has 1 aromatic carbocycles. The van der Waals surface area contributed by atoms with Gasteiger partial charge in [-0.2, -0.15) is 5.10 Å². The van der Waals surface area contributed by atoms with Crippen molar-refractivity contribution < 1.29 is 9.53 Å². The fraction of sp³-hybridized carbons (Fsp3) is 0.308. The summed E-state index contributed by atoms with van der Waals surface area (Å²) in [4.78, 5) is 12.2. The van der Waals surface area contributed by atoms with Crippen molar-refractivity contribution in [2.75, 3.05) is 13.7 Å². The van der Waals surface area contributed by atoms with Gasteiger partial charge in [0.1, 0.15) is 11.6 Å². The van der Waals surface area contributed by atoms with Crippen LogP contribution in [0.3, 0.4) is 0 Å². The van der Waals surface area contributed by atoms with Gasteiger partial charge in [0, 0.05) is 26.1 Å². The highest BCUT2D eigenvalue weighted by atomic mass is 35.5. The number of amides is 1. The maximum absolute atomic E-state index is 12.2. The molecule has 0 radical (unpaired) electrons. The van der Waals surface area contributed by atoms with E-state index < -0.39 is 0 Å². The number of ether oxygens (including phenoxy) is 1. The molecule has 0 bridgehead atoms. The fourth-order valence-corrected chi connectivity index (χ4v) is 2.33.